The largest absolute Gasteiger partial charge is 0.481 e. The van der Waals surface area contributed by atoms with Crippen LogP contribution in [0.25, 0.3) is 0 Å². The number of nitrogens with one attached hydrogen (secondary N) is 1. The fourth-order valence-corrected chi connectivity index (χ4v) is 1.47. The second-order valence-corrected chi connectivity index (χ2v) is 4.22. The van der Waals surface area contributed by atoms with Crippen molar-refractivity contribution < 1.29 is 29.7 Å². The van der Waals surface area contributed by atoms with Crippen molar-refractivity contribution in [3.63, 3.8) is 0 Å². The molecule has 0 aromatic carbocycles. The van der Waals surface area contributed by atoms with Gasteiger partial charge in [-0.25, -0.2) is 0 Å². The lowest BCUT2D eigenvalue weighted by Gasteiger charge is -2.13. The molecule has 2 atom stereocenters. The van der Waals surface area contributed by atoms with Crippen LogP contribution in [0.1, 0.15) is 32.1 Å². The van der Waals surface area contributed by atoms with Gasteiger partial charge in [0.1, 0.15) is 12.1 Å². The van der Waals surface area contributed by atoms with Gasteiger partial charge in [-0.05, 0) is 25.8 Å². The normalized spacial score (nSPS) is 13.1. The molecule has 0 fully saturated rings. The van der Waals surface area contributed by atoms with Crippen LogP contribution >= 0.6 is 12.4 Å². The monoisotopic (exact) mass is 312 g/mol. The lowest BCUT2D eigenvalue weighted by atomic mass is 10.1. The van der Waals surface area contributed by atoms with E-state index in [4.69, 9.17) is 21.1 Å². The topological polar surface area (TPSA) is 150 Å². The van der Waals surface area contributed by atoms with Crippen LogP contribution in [-0.4, -0.2) is 51.9 Å². The minimum Gasteiger partial charge on any atom is -0.481 e. The van der Waals surface area contributed by atoms with Crippen LogP contribution in [0.2, 0.25) is 0 Å². The van der Waals surface area contributed by atoms with Crippen molar-refractivity contribution in [2.45, 2.75) is 44.2 Å². The summed E-state index contributed by atoms with van der Waals surface area (Å²) in [6.45, 7) is 0.378. The molecule has 6 N–H and O–H groups in total. The summed E-state index contributed by atoms with van der Waals surface area (Å²) in [5.74, 6) is -3.19. The maximum Gasteiger partial charge on any atom is 0.320 e. The van der Waals surface area contributed by atoms with Gasteiger partial charge >= 0.3 is 17.9 Å². The molecular formula is C11H21ClN2O6. The lowest BCUT2D eigenvalue weighted by molar-refractivity contribution is -0.141. The molecule has 0 saturated carbocycles. The maximum absolute atomic E-state index is 10.8. The number of rotatable bonds is 11. The van der Waals surface area contributed by atoms with Gasteiger partial charge in [0, 0.05) is 6.42 Å². The van der Waals surface area contributed by atoms with Crippen LogP contribution in [0.5, 0.6) is 0 Å². The van der Waals surface area contributed by atoms with Gasteiger partial charge < -0.3 is 26.4 Å². The number of nitrogens with two attached hydrogens (primary N) is 1. The fraction of sp³-hybridized carbons (Fsp3) is 0.727. The molecule has 0 amide bonds. The average molecular weight is 313 g/mol. The molecule has 0 saturated heterocycles. The van der Waals surface area contributed by atoms with Crippen LogP contribution in [0.15, 0.2) is 0 Å². The number of carboxylic acids is 3. The molecule has 0 radical (unpaired) electrons. The highest BCUT2D eigenvalue weighted by molar-refractivity contribution is 5.85. The zero-order valence-electron chi connectivity index (χ0n) is 10.9. The van der Waals surface area contributed by atoms with Gasteiger partial charge in [-0.15, -0.1) is 12.4 Å². The number of carbonyl (C=O) groups is 3. The fourth-order valence-electron chi connectivity index (χ4n) is 1.47. The first kappa shape index (κ1) is 20.9. The third-order valence-electron chi connectivity index (χ3n) is 2.59. The smallest absolute Gasteiger partial charge is 0.320 e. The molecule has 0 aliphatic carbocycles. The number of carboxylic acid groups (broad SMARTS) is 3. The highest BCUT2D eigenvalue weighted by Crippen LogP contribution is 2.01. The summed E-state index contributed by atoms with van der Waals surface area (Å²) >= 11 is 0. The Morgan fingerprint density at radius 2 is 1.60 bits per heavy atom. The van der Waals surface area contributed by atoms with Gasteiger partial charge in [0.2, 0.25) is 0 Å². The Labute approximate surface area is 122 Å². The number of halogens is 1. The van der Waals surface area contributed by atoms with E-state index in [9.17, 15) is 14.4 Å². The van der Waals surface area contributed by atoms with Crippen molar-refractivity contribution in [3.05, 3.63) is 0 Å². The zero-order chi connectivity index (χ0) is 14.8. The van der Waals surface area contributed by atoms with Crippen LogP contribution < -0.4 is 11.1 Å². The SMILES string of the molecule is Cl.NC(CCCCNC(CCC(=O)O)C(=O)O)C(=O)O. The van der Waals surface area contributed by atoms with Crippen LogP contribution in [0.3, 0.4) is 0 Å². The van der Waals surface area contributed by atoms with Crippen molar-refractivity contribution in [3.8, 4) is 0 Å². The van der Waals surface area contributed by atoms with Crippen LogP contribution in [-0.2, 0) is 14.4 Å². The van der Waals surface area contributed by atoms with E-state index in [1.165, 1.54) is 0 Å². The Balaban J connectivity index is 0. The molecule has 2 unspecified atom stereocenters. The number of aliphatic carboxylic acids is 3. The third-order valence-corrected chi connectivity index (χ3v) is 2.59. The minimum atomic E-state index is -1.09. The molecule has 20 heavy (non-hydrogen) atoms. The highest BCUT2D eigenvalue weighted by Gasteiger charge is 2.17. The molecule has 0 bridgehead atoms. The Bertz CT molecular complexity index is 326. The van der Waals surface area contributed by atoms with E-state index in [0.29, 0.717) is 25.8 Å². The van der Waals surface area contributed by atoms with E-state index in [2.05, 4.69) is 5.32 Å². The summed E-state index contributed by atoms with van der Waals surface area (Å²) in [5.41, 5.74) is 5.31. The molecule has 0 spiro atoms. The summed E-state index contributed by atoms with van der Waals surface area (Å²) < 4.78 is 0. The molecule has 0 aliphatic heterocycles. The number of hydrogen-bond donors (Lipinski definition) is 5. The van der Waals surface area contributed by atoms with E-state index in [0.717, 1.165) is 0 Å². The minimum absolute atomic E-state index is 0. The van der Waals surface area contributed by atoms with Gasteiger partial charge in [-0.3, -0.25) is 14.4 Å². The van der Waals surface area contributed by atoms with Gasteiger partial charge in [0.15, 0.2) is 0 Å². The number of hydrogen-bond acceptors (Lipinski definition) is 5. The Morgan fingerprint density at radius 1 is 1.00 bits per heavy atom. The Kier molecular flexibility index (Phi) is 12.0. The molecular weight excluding hydrogens is 292 g/mol. The van der Waals surface area contributed by atoms with Crippen molar-refractivity contribution in [1.82, 2.24) is 5.32 Å². The summed E-state index contributed by atoms with van der Waals surface area (Å²) in [6.07, 6.45) is 1.26. The first-order chi connectivity index (χ1) is 8.84. The van der Waals surface area contributed by atoms with E-state index in [-0.39, 0.29) is 25.2 Å². The van der Waals surface area contributed by atoms with Crippen molar-refractivity contribution in [2.75, 3.05) is 6.54 Å². The van der Waals surface area contributed by atoms with E-state index in [1.807, 2.05) is 0 Å². The van der Waals surface area contributed by atoms with E-state index in [1.54, 1.807) is 0 Å². The molecule has 9 heteroatoms. The standard InChI is InChI=1S/C11H20N2O6.ClH/c12-7(10(16)17)3-1-2-6-13-8(11(18)19)4-5-9(14)15;/h7-8,13H,1-6,12H2,(H,14,15)(H,16,17)(H,18,19);1H. The summed E-state index contributed by atoms with van der Waals surface area (Å²) in [4.78, 5) is 31.6. The summed E-state index contributed by atoms with van der Waals surface area (Å²) in [7, 11) is 0. The molecule has 0 aromatic rings. The predicted octanol–water partition coefficient (Wildman–Crippen LogP) is -0.102. The summed E-state index contributed by atoms with van der Waals surface area (Å²) in [6, 6.07) is -1.80. The molecule has 0 rings (SSSR count). The Hall–Kier alpha value is -1.38. The summed E-state index contributed by atoms with van der Waals surface area (Å²) in [5, 5.41) is 28.6. The molecule has 0 aromatic heterocycles. The molecule has 118 valence electrons. The van der Waals surface area contributed by atoms with Crippen LogP contribution in [0.4, 0.5) is 0 Å². The maximum atomic E-state index is 10.8. The highest BCUT2D eigenvalue weighted by atomic mass is 35.5. The first-order valence-corrected chi connectivity index (χ1v) is 6.01. The van der Waals surface area contributed by atoms with E-state index < -0.39 is 30.0 Å². The van der Waals surface area contributed by atoms with Gasteiger partial charge in [-0.2, -0.15) is 0 Å². The predicted molar refractivity (Wildman–Crippen MR) is 73.0 cm³/mol. The quantitative estimate of drug-likeness (QED) is 0.332. The third kappa shape index (κ3) is 10.5. The van der Waals surface area contributed by atoms with Crippen LogP contribution in [0, 0.1) is 0 Å². The first-order valence-electron chi connectivity index (χ1n) is 6.01. The molecule has 0 heterocycles. The van der Waals surface area contributed by atoms with Crippen molar-refractivity contribution in [1.29, 1.82) is 0 Å². The second-order valence-electron chi connectivity index (χ2n) is 4.22. The van der Waals surface area contributed by atoms with E-state index >= 15 is 0 Å². The average Bonchev–Trinajstić information content (AvgIpc) is 2.31. The van der Waals surface area contributed by atoms with Gasteiger partial charge in [-0.1, -0.05) is 6.42 Å². The lowest BCUT2D eigenvalue weighted by Crippen LogP contribution is -2.37. The molecule has 8 nitrogen and oxygen atoms in total. The van der Waals surface area contributed by atoms with Crippen molar-refractivity contribution >= 4 is 30.3 Å². The van der Waals surface area contributed by atoms with Gasteiger partial charge in [0.05, 0.1) is 0 Å². The molecule has 0 aliphatic rings. The van der Waals surface area contributed by atoms with Gasteiger partial charge in [0.25, 0.3) is 0 Å². The van der Waals surface area contributed by atoms with Crippen molar-refractivity contribution in [2.24, 2.45) is 5.73 Å². The second kappa shape index (κ2) is 11.4. The number of unbranched alkanes of at least 4 members (excludes halogenated alkanes) is 1. The zero-order valence-corrected chi connectivity index (χ0v) is 11.8. The Morgan fingerprint density at radius 3 is 2.05 bits per heavy atom.